The van der Waals surface area contributed by atoms with Gasteiger partial charge in [0.2, 0.25) is 5.91 Å². The summed E-state index contributed by atoms with van der Waals surface area (Å²) in [6.45, 7) is 1.82. The number of hydrogen-bond acceptors (Lipinski definition) is 2. The first kappa shape index (κ1) is 22.2. The van der Waals surface area contributed by atoms with Gasteiger partial charge in [0.25, 0.3) is 5.92 Å². The van der Waals surface area contributed by atoms with Crippen LogP contribution in [0, 0.1) is 23.2 Å². The fourth-order valence-corrected chi connectivity index (χ4v) is 7.95. The summed E-state index contributed by atoms with van der Waals surface area (Å²) in [5, 5.41) is 13.1. The van der Waals surface area contributed by atoms with Crippen LogP contribution in [0.3, 0.4) is 0 Å². The van der Waals surface area contributed by atoms with Crippen molar-refractivity contribution in [1.29, 1.82) is 0 Å². The average molecular weight is 446 g/mol. The number of nitrogens with one attached hydrogen (secondary N) is 1. The smallest absolute Gasteiger partial charge is 0.253 e. The van der Waals surface area contributed by atoms with Gasteiger partial charge in [0.15, 0.2) is 0 Å². The molecule has 4 unspecified atom stereocenters. The predicted molar refractivity (Wildman–Crippen MR) is 121 cm³/mol. The highest BCUT2D eigenvalue weighted by Crippen LogP contribution is 2.68. The van der Waals surface area contributed by atoms with Gasteiger partial charge in [-0.2, -0.15) is 0 Å². The lowest BCUT2D eigenvalue weighted by molar-refractivity contribution is -0.133. The zero-order chi connectivity index (χ0) is 22.5. The Morgan fingerprint density at radius 1 is 1.16 bits per heavy atom. The van der Waals surface area contributed by atoms with E-state index in [1.807, 2.05) is 19.1 Å². The van der Waals surface area contributed by atoms with Gasteiger partial charge in [-0.05, 0) is 91.9 Å². The van der Waals surface area contributed by atoms with Gasteiger partial charge in [-0.1, -0.05) is 32.3 Å². The van der Waals surface area contributed by atoms with E-state index in [4.69, 9.17) is 0 Å². The molecule has 176 valence electrons. The molecule has 0 heterocycles. The van der Waals surface area contributed by atoms with E-state index < -0.39 is 11.3 Å². The molecule has 4 aliphatic carbocycles. The van der Waals surface area contributed by atoms with Crippen LogP contribution in [-0.2, 0) is 11.2 Å². The first-order valence-corrected chi connectivity index (χ1v) is 12.8. The molecule has 0 bridgehead atoms. The molecule has 3 saturated carbocycles. The van der Waals surface area contributed by atoms with Gasteiger partial charge in [0.05, 0.1) is 0 Å². The largest absolute Gasteiger partial charge is 0.508 e. The second kappa shape index (κ2) is 8.29. The zero-order valence-electron chi connectivity index (χ0n) is 19.2. The third kappa shape index (κ3) is 3.74. The Hall–Kier alpha value is -1.65. The lowest BCUT2D eigenvalue weighted by atomic mass is 9.53. The van der Waals surface area contributed by atoms with E-state index in [9.17, 15) is 9.90 Å². The maximum atomic E-state index is 15.4. The highest BCUT2D eigenvalue weighted by atomic mass is 19.3. The van der Waals surface area contributed by atoms with E-state index in [-0.39, 0.29) is 41.9 Å². The summed E-state index contributed by atoms with van der Waals surface area (Å²) in [6, 6.07) is 5.89. The summed E-state index contributed by atoms with van der Waals surface area (Å²) in [5.41, 5.74) is 1.47. The minimum absolute atomic E-state index is 0.0410. The summed E-state index contributed by atoms with van der Waals surface area (Å²) >= 11 is 0. The van der Waals surface area contributed by atoms with Crippen molar-refractivity contribution in [2.24, 2.45) is 23.2 Å². The van der Waals surface area contributed by atoms with E-state index in [0.717, 1.165) is 32.1 Å². The minimum atomic E-state index is -2.66. The number of aryl methyl sites for hydroxylation is 1. The number of fused-ring (bicyclic) bond motifs is 5. The van der Waals surface area contributed by atoms with Gasteiger partial charge < -0.3 is 10.4 Å². The number of halogens is 2. The molecule has 3 fully saturated rings. The molecule has 3 nitrogen and oxygen atoms in total. The highest BCUT2D eigenvalue weighted by Gasteiger charge is 2.67. The Morgan fingerprint density at radius 2 is 1.94 bits per heavy atom. The number of amides is 1. The first-order chi connectivity index (χ1) is 15.3. The topological polar surface area (TPSA) is 49.3 Å². The van der Waals surface area contributed by atoms with Crippen LogP contribution in [0.4, 0.5) is 8.78 Å². The van der Waals surface area contributed by atoms with Crippen LogP contribution in [0.5, 0.6) is 5.75 Å². The number of benzene rings is 1. The minimum Gasteiger partial charge on any atom is -0.508 e. The number of aromatic hydroxyl groups is 1. The number of phenols is 1. The monoisotopic (exact) mass is 445 g/mol. The summed E-state index contributed by atoms with van der Waals surface area (Å²) in [4.78, 5) is 12.6. The van der Waals surface area contributed by atoms with E-state index in [0.29, 0.717) is 25.2 Å². The molecule has 0 radical (unpaired) electrons. The highest BCUT2D eigenvalue weighted by molar-refractivity contribution is 5.76. The number of phenolic OH excluding ortho intramolecular Hbond substituents is 1. The zero-order valence-corrected chi connectivity index (χ0v) is 19.2. The normalized spacial score (nSPS) is 36.1. The molecule has 0 spiro atoms. The molecular weight excluding hydrogens is 408 g/mol. The van der Waals surface area contributed by atoms with Crippen molar-refractivity contribution >= 4 is 5.91 Å². The molecule has 1 aromatic rings. The van der Waals surface area contributed by atoms with Crippen molar-refractivity contribution in [3.05, 3.63) is 29.3 Å². The number of alkyl halides is 2. The Labute approximate surface area is 190 Å². The lowest BCUT2D eigenvalue weighted by Gasteiger charge is -2.51. The molecule has 1 aromatic carbocycles. The molecular formula is C27H37F2NO2. The molecule has 1 amide bonds. The molecule has 0 saturated heterocycles. The van der Waals surface area contributed by atoms with Crippen molar-refractivity contribution in [1.82, 2.24) is 5.32 Å². The van der Waals surface area contributed by atoms with Gasteiger partial charge in [-0.25, -0.2) is 8.78 Å². The summed E-state index contributed by atoms with van der Waals surface area (Å²) in [7, 11) is 0. The molecule has 0 aliphatic heterocycles. The van der Waals surface area contributed by atoms with E-state index in [1.165, 1.54) is 30.4 Å². The van der Waals surface area contributed by atoms with E-state index in [2.05, 4.69) is 5.32 Å². The van der Waals surface area contributed by atoms with Gasteiger partial charge in [-0.15, -0.1) is 0 Å². The fourth-order valence-electron chi connectivity index (χ4n) is 7.95. The van der Waals surface area contributed by atoms with Gasteiger partial charge in [-0.3, -0.25) is 4.79 Å². The number of carbonyl (C=O) groups is 1. The molecule has 5 heteroatoms. The Balaban J connectivity index is 1.33. The molecule has 32 heavy (non-hydrogen) atoms. The van der Waals surface area contributed by atoms with Crippen LogP contribution >= 0.6 is 0 Å². The number of carbonyl (C=O) groups excluding carboxylic acids is 1. The SMILES string of the molecule is C[C@]12CCC3c4ccc(O)cc4CCC3C1C(CCC(=O)NC1CCCCC1)CC2(F)F. The van der Waals surface area contributed by atoms with Crippen molar-refractivity contribution < 1.29 is 18.7 Å². The molecule has 4 aliphatic rings. The van der Waals surface area contributed by atoms with E-state index in [1.54, 1.807) is 6.07 Å². The average Bonchev–Trinajstić information content (AvgIpc) is 2.97. The molecule has 5 rings (SSSR count). The van der Waals surface area contributed by atoms with Crippen molar-refractivity contribution in [3.63, 3.8) is 0 Å². The van der Waals surface area contributed by atoms with Crippen LogP contribution in [0.1, 0.15) is 94.6 Å². The second-order valence-corrected chi connectivity index (χ2v) is 11.3. The summed E-state index contributed by atoms with van der Waals surface area (Å²) in [6.07, 6.45) is 9.62. The van der Waals surface area contributed by atoms with Crippen LogP contribution in [-0.4, -0.2) is 23.0 Å². The van der Waals surface area contributed by atoms with Gasteiger partial charge in [0, 0.05) is 24.3 Å². The molecule has 0 aromatic heterocycles. The first-order valence-electron chi connectivity index (χ1n) is 12.8. The maximum Gasteiger partial charge on any atom is 0.253 e. The van der Waals surface area contributed by atoms with E-state index >= 15 is 8.78 Å². The second-order valence-electron chi connectivity index (χ2n) is 11.3. The summed E-state index contributed by atoms with van der Waals surface area (Å²) in [5.74, 6) is -1.93. The molecule has 2 N–H and O–H groups in total. The Kier molecular flexibility index (Phi) is 5.74. The van der Waals surface area contributed by atoms with Crippen LogP contribution < -0.4 is 5.32 Å². The van der Waals surface area contributed by atoms with Gasteiger partial charge in [0.1, 0.15) is 5.75 Å². The van der Waals surface area contributed by atoms with Crippen molar-refractivity contribution in [2.45, 2.75) is 102 Å². The number of hydrogen-bond donors (Lipinski definition) is 2. The van der Waals surface area contributed by atoms with Crippen LogP contribution in [0.15, 0.2) is 18.2 Å². The van der Waals surface area contributed by atoms with Gasteiger partial charge >= 0.3 is 0 Å². The fraction of sp³-hybridized carbons (Fsp3) is 0.741. The lowest BCUT2D eigenvalue weighted by Crippen LogP contribution is -2.47. The van der Waals surface area contributed by atoms with Crippen molar-refractivity contribution in [2.75, 3.05) is 0 Å². The predicted octanol–water partition coefficient (Wildman–Crippen LogP) is 6.34. The standard InChI is InChI=1S/C27H37F2NO2/c1-26-14-13-22-21-11-9-20(31)15-17(21)7-10-23(22)25(26)18(16-27(26,28)29)8-12-24(32)30-19-5-3-2-4-6-19/h9,11,15,18-19,22-23,25,31H,2-8,10,12-14,16H2,1H3,(H,30,32)/t18?,22?,23?,25?,26-/m0/s1. The van der Waals surface area contributed by atoms with Crippen molar-refractivity contribution in [3.8, 4) is 5.75 Å². The Morgan fingerprint density at radius 3 is 2.72 bits per heavy atom. The molecule has 5 atom stereocenters. The van der Waals surface area contributed by atoms with Crippen LogP contribution in [0.25, 0.3) is 0 Å². The van der Waals surface area contributed by atoms with Crippen LogP contribution in [0.2, 0.25) is 0 Å². The number of rotatable bonds is 4. The quantitative estimate of drug-likeness (QED) is 0.568. The third-order valence-electron chi connectivity index (χ3n) is 9.54. The summed E-state index contributed by atoms with van der Waals surface area (Å²) < 4.78 is 30.8. The Bertz CT molecular complexity index is 865. The third-order valence-corrected chi connectivity index (χ3v) is 9.54. The maximum absolute atomic E-state index is 15.4.